The number of urea groups is 1. The summed E-state index contributed by atoms with van der Waals surface area (Å²) in [5, 5.41) is 0. The summed E-state index contributed by atoms with van der Waals surface area (Å²) in [7, 11) is 4.77. The van der Waals surface area contributed by atoms with E-state index in [1.54, 1.807) is 43.4 Å². The average Bonchev–Trinajstić information content (AvgIpc) is 2.54. The second-order valence-corrected chi connectivity index (χ2v) is 4.80. The minimum absolute atomic E-state index is 0.0999. The molecule has 2 rings (SSSR count). The zero-order chi connectivity index (χ0) is 16.1. The van der Waals surface area contributed by atoms with Gasteiger partial charge in [0.25, 0.3) is 0 Å². The summed E-state index contributed by atoms with van der Waals surface area (Å²) in [6, 6.07) is 7.08. The molecule has 0 saturated carbocycles. The topological polar surface area (TPSA) is 49.9 Å². The Morgan fingerprint density at radius 1 is 1.23 bits per heavy atom. The van der Waals surface area contributed by atoms with Gasteiger partial charge in [-0.05, 0) is 23.8 Å². The standard InChI is InChI=1S/C17H18N2O3/c1-18-12-11-14(19(2)17(18)21)9-6-8-13-7-4-5-10-15(13)16(20)22-3/h4-12H,1-3H3/b8-6+,14-9-. The van der Waals surface area contributed by atoms with Crippen molar-refractivity contribution < 1.29 is 14.3 Å². The molecule has 0 atom stereocenters. The number of nitrogens with zero attached hydrogens (tertiary/aromatic N) is 2. The lowest BCUT2D eigenvalue weighted by Crippen LogP contribution is -2.37. The first-order valence-corrected chi connectivity index (χ1v) is 6.79. The van der Waals surface area contributed by atoms with Crippen molar-refractivity contribution in [3.8, 4) is 0 Å². The molecule has 1 heterocycles. The number of benzene rings is 1. The Kier molecular flexibility index (Phi) is 4.78. The van der Waals surface area contributed by atoms with Gasteiger partial charge < -0.3 is 9.64 Å². The molecular formula is C17H18N2O3. The number of allylic oxidation sites excluding steroid dienone is 3. The van der Waals surface area contributed by atoms with E-state index in [-0.39, 0.29) is 12.0 Å². The lowest BCUT2D eigenvalue weighted by atomic mass is 10.1. The van der Waals surface area contributed by atoms with Crippen molar-refractivity contribution >= 4 is 18.1 Å². The molecule has 0 spiro atoms. The normalized spacial score (nSPS) is 16.7. The summed E-state index contributed by atoms with van der Waals surface area (Å²) in [4.78, 5) is 26.6. The van der Waals surface area contributed by atoms with Crippen LogP contribution < -0.4 is 0 Å². The molecule has 5 heteroatoms. The van der Waals surface area contributed by atoms with Crippen LogP contribution in [0.5, 0.6) is 0 Å². The fourth-order valence-electron chi connectivity index (χ4n) is 2.07. The van der Waals surface area contributed by atoms with E-state index < -0.39 is 0 Å². The summed E-state index contributed by atoms with van der Waals surface area (Å²) >= 11 is 0. The number of rotatable bonds is 3. The Hall–Kier alpha value is -2.82. The minimum atomic E-state index is -0.376. The van der Waals surface area contributed by atoms with Crippen molar-refractivity contribution in [3.05, 3.63) is 65.5 Å². The molecule has 0 aromatic heterocycles. The molecule has 1 aliphatic heterocycles. The Balaban J connectivity index is 2.23. The molecule has 1 aliphatic rings. The molecule has 5 nitrogen and oxygen atoms in total. The molecule has 0 saturated heterocycles. The van der Waals surface area contributed by atoms with Gasteiger partial charge in [-0.2, -0.15) is 0 Å². The number of carbonyl (C=O) groups excluding carboxylic acids is 2. The SMILES string of the molecule is COC(=O)c1ccccc1/C=C/C=C1/C=CN(C)C(=O)N1C. The summed E-state index contributed by atoms with van der Waals surface area (Å²) in [6.07, 6.45) is 8.98. The third-order valence-corrected chi connectivity index (χ3v) is 3.35. The molecule has 0 unspecified atom stereocenters. The van der Waals surface area contributed by atoms with Crippen LogP contribution in [0.4, 0.5) is 4.79 Å². The third kappa shape index (κ3) is 3.25. The van der Waals surface area contributed by atoms with Gasteiger partial charge in [-0.3, -0.25) is 4.90 Å². The number of hydrogen-bond donors (Lipinski definition) is 0. The summed E-state index contributed by atoms with van der Waals surface area (Å²) in [5.74, 6) is -0.376. The lowest BCUT2D eigenvalue weighted by Gasteiger charge is -2.27. The van der Waals surface area contributed by atoms with Crippen LogP contribution in [0.25, 0.3) is 6.08 Å². The van der Waals surface area contributed by atoms with E-state index in [9.17, 15) is 9.59 Å². The molecule has 0 N–H and O–H groups in total. The average molecular weight is 298 g/mol. The van der Waals surface area contributed by atoms with Crippen molar-refractivity contribution in [1.29, 1.82) is 0 Å². The molecule has 22 heavy (non-hydrogen) atoms. The first-order chi connectivity index (χ1) is 10.5. The van der Waals surface area contributed by atoms with Crippen molar-refractivity contribution in [2.24, 2.45) is 0 Å². The van der Waals surface area contributed by atoms with E-state index in [1.165, 1.54) is 12.0 Å². The number of hydrogen-bond acceptors (Lipinski definition) is 3. The van der Waals surface area contributed by atoms with E-state index in [1.807, 2.05) is 30.4 Å². The van der Waals surface area contributed by atoms with Gasteiger partial charge in [0.15, 0.2) is 0 Å². The number of likely N-dealkylation sites (N-methyl/N-ethyl adjacent to an activating group) is 1. The highest BCUT2D eigenvalue weighted by Crippen LogP contribution is 2.15. The molecule has 1 aromatic rings. The zero-order valence-corrected chi connectivity index (χ0v) is 12.8. The van der Waals surface area contributed by atoms with Gasteiger partial charge in [-0.15, -0.1) is 0 Å². The number of carbonyl (C=O) groups is 2. The lowest BCUT2D eigenvalue weighted by molar-refractivity contribution is 0.0600. The molecular weight excluding hydrogens is 280 g/mol. The van der Waals surface area contributed by atoms with Crippen molar-refractivity contribution in [1.82, 2.24) is 9.80 Å². The number of esters is 1. The largest absolute Gasteiger partial charge is 0.465 e. The van der Waals surface area contributed by atoms with Gasteiger partial charge >= 0.3 is 12.0 Å². The van der Waals surface area contributed by atoms with Gasteiger partial charge in [0.05, 0.1) is 12.7 Å². The van der Waals surface area contributed by atoms with E-state index in [0.717, 1.165) is 11.3 Å². The first-order valence-electron chi connectivity index (χ1n) is 6.79. The fraction of sp³-hybridized carbons (Fsp3) is 0.176. The Labute approximate surface area is 129 Å². The smallest absolute Gasteiger partial charge is 0.338 e. The summed E-state index contributed by atoms with van der Waals surface area (Å²) in [5.41, 5.74) is 2.04. The maximum absolute atomic E-state index is 11.8. The van der Waals surface area contributed by atoms with Crippen LogP contribution in [0.15, 0.2) is 54.4 Å². The maximum Gasteiger partial charge on any atom is 0.338 e. The van der Waals surface area contributed by atoms with Crippen LogP contribution >= 0.6 is 0 Å². The minimum Gasteiger partial charge on any atom is -0.465 e. The fourth-order valence-corrected chi connectivity index (χ4v) is 2.07. The molecule has 0 aliphatic carbocycles. The van der Waals surface area contributed by atoms with Crippen LogP contribution in [0.3, 0.4) is 0 Å². The predicted molar refractivity (Wildman–Crippen MR) is 85.0 cm³/mol. The summed E-state index contributed by atoms with van der Waals surface area (Å²) < 4.78 is 4.76. The van der Waals surface area contributed by atoms with E-state index >= 15 is 0 Å². The first kappa shape index (κ1) is 15.6. The molecule has 0 radical (unpaired) electrons. The highest BCUT2D eigenvalue weighted by atomic mass is 16.5. The number of ether oxygens (including phenoxy) is 1. The molecule has 0 bridgehead atoms. The van der Waals surface area contributed by atoms with E-state index in [0.29, 0.717) is 5.56 Å². The van der Waals surface area contributed by atoms with Crippen LogP contribution in [-0.4, -0.2) is 43.0 Å². The molecule has 0 fully saturated rings. The van der Waals surface area contributed by atoms with Gasteiger partial charge in [-0.25, -0.2) is 9.59 Å². The van der Waals surface area contributed by atoms with Crippen molar-refractivity contribution in [2.45, 2.75) is 0 Å². The van der Waals surface area contributed by atoms with Gasteiger partial charge in [0.1, 0.15) is 0 Å². The third-order valence-electron chi connectivity index (χ3n) is 3.35. The Bertz CT molecular complexity index is 674. The van der Waals surface area contributed by atoms with Crippen LogP contribution in [0.1, 0.15) is 15.9 Å². The number of amides is 2. The molecule has 2 amide bonds. The van der Waals surface area contributed by atoms with Crippen LogP contribution in [-0.2, 0) is 4.74 Å². The maximum atomic E-state index is 11.8. The molecule has 1 aromatic carbocycles. The van der Waals surface area contributed by atoms with Gasteiger partial charge in [-0.1, -0.05) is 30.4 Å². The second kappa shape index (κ2) is 6.76. The van der Waals surface area contributed by atoms with Gasteiger partial charge in [0.2, 0.25) is 0 Å². The second-order valence-electron chi connectivity index (χ2n) is 4.80. The van der Waals surface area contributed by atoms with Crippen molar-refractivity contribution in [3.63, 3.8) is 0 Å². The highest BCUT2D eigenvalue weighted by molar-refractivity contribution is 5.93. The predicted octanol–water partition coefficient (Wildman–Crippen LogP) is 2.88. The Morgan fingerprint density at radius 2 is 1.95 bits per heavy atom. The Morgan fingerprint density at radius 3 is 2.68 bits per heavy atom. The van der Waals surface area contributed by atoms with Gasteiger partial charge in [0, 0.05) is 26.0 Å². The van der Waals surface area contributed by atoms with Crippen LogP contribution in [0, 0.1) is 0 Å². The van der Waals surface area contributed by atoms with E-state index in [4.69, 9.17) is 4.74 Å². The highest BCUT2D eigenvalue weighted by Gasteiger charge is 2.18. The number of methoxy groups -OCH3 is 1. The summed E-state index contributed by atoms with van der Waals surface area (Å²) in [6.45, 7) is 0. The molecule has 114 valence electrons. The zero-order valence-electron chi connectivity index (χ0n) is 12.8. The quantitative estimate of drug-likeness (QED) is 0.806. The van der Waals surface area contributed by atoms with Crippen LogP contribution in [0.2, 0.25) is 0 Å². The van der Waals surface area contributed by atoms with Crippen molar-refractivity contribution in [2.75, 3.05) is 21.2 Å². The monoisotopic (exact) mass is 298 g/mol. The van der Waals surface area contributed by atoms with E-state index in [2.05, 4.69) is 0 Å².